The van der Waals surface area contributed by atoms with Crippen LogP contribution in [0.15, 0.2) is 18.2 Å². The van der Waals surface area contributed by atoms with Crippen LogP contribution in [0.3, 0.4) is 0 Å². The van der Waals surface area contributed by atoms with Crippen molar-refractivity contribution in [2.75, 3.05) is 19.6 Å². The molecule has 76 valence electrons. The highest BCUT2D eigenvalue weighted by Gasteiger charge is 2.15. The molecular formula is C10H13FN2O. The summed E-state index contributed by atoms with van der Waals surface area (Å²) in [5.74, 6) is -0.854. The fourth-order valence-corrected chi connectivity index (χ4v) is 1.63. The zero-order valence-corrected chi connectivity index (χ0v) is 7.76. The highest BCUT2D eigenvalue weighted by atomic mass is 19.1. The summed E-state index contributed by atoms with van der Waals surface area (Å²) in [5.41, 5.74) is 0.868. The van der Waals surface area contributed by atoms with Crippen LogP contribution >= 0.6 is 0 Å². The van der Waals surface area contributed by atoms with E-state index in [1.54, 1.807) is 6.07 Å². The lowest BCUT2D eigenvalue weighted by atomic mass is 10.1. The molecule has 1 aromatic rings. The first-order valence-electron chi connectivity index (χ1n) is 4.70. The molecule has 0 saturated carbocycles. The van der Waals surface area contributed by atoms with E-state index in [0.29, 0.717) is 0 Å². The highest BCUT2D eigenvalue weighted by Crippen LogP contribution is 2.21. The van der Waals surface area contributed by atoms with Crippen molar-refractivity contribution >= 4 is 0 Å². The maximum atomic E-state index is 13.0. The fraction of sp³-hybridized carbons (Fsp3) is 0.400. The molecule has 1 saturated heterocycles. The normalized spacial score (nSPS) is 22.2. The van der Waals surface area contributed by atoms with Gasteiger partial charge in [-0.3, -0.25) is 0 Å². The van der Waals surface area contributed by atoms with Gasteiger partial charge in [-0.1, -0.05) is 6.07 Å². The van der Waals surface area contributed by atoms with E-state index in [2.05, 4.69) is 10.6 Å². The van der Waals surface area contributed by atoms with Crippen LogP contribution in [0.4, 0.5) is 4.39 Å². The summed E-state index contributed by atoms with van der Waals surface area (Å²) in [6.45, 7) is 2.62. The second-order valence-electron chi connectivity index (χ2n) is 3.42. The van der Waals surface area contributed by atoms with Gasteiger partial charge in [-0.15, -0.1) is 0 Å². The van der Waals surface area contributed by atoms with Crippen molar-refractivity contribution in [3.8, 4) is 5.75 Å². The molecule has 3 nitrogen and oxygen atoms in total. The number of phenols is 1. The number of halogens is 1. The molecule has 1 heterocycles. The van der Waals surface area contributed by atoms with Crippen molar-refractivity contribution < 1.29 is 9.50 Å². The topological polar surface area (TPSA) is 44.3 Å². The Balaban J connectivity index is 2.18. The first-order valence-corrected chi connectivity index (χ1v) is 4.70. The summed E-state index contributed by atoms with van der Waals surface area (Å²) in [7, 11) is 0. The van der Waals surface area contributed by atoms with E-state index < -0.39 is 5.82 Å². The minimum Gasteiger partial charge on any atom is -0.505 e. The Bertz CT molecular complexity index is 324. The van der Waals surface area contributed by atoms with E-state index >= 15 is 0 Å². The molecule has 1 aliphatic heterocycles. The van der Waals surface area contributed by atoms with Gasteiger partial charge in [0, 0.05) is 25.7 Å². The maximum Gasteiger partial charge on any atom is 0.165 e. The predicted molar refractivity (Wildman–Crippen MR) is 51.7 cm³/mol. The quantitative estimate of drug-likeness (QED) is 0.621. The fourth-order valence-electron chi connectivity index (χ4n) is 1.63. The van der Waals surface area contributed by atoms with Gasteiger partial charge >= 0.3 is 0 Å². The predicted octanol–water partition coefficient (Wildman–Crippen LogP) is 0.765. The van der Waals surface area contributed by atoms with Gasteiger partial charge in [0.2, 0.25) is 0 Å². The lowest BCUT2D eigenvalue weighted by Gasteiger charge is -2.24. The van der Waals surface area contributed by atoms with Crippen LogP contribution < -0.4 is 10.6 Å². The van der Waals surface area contributed by atoms with Gasteiger partial charge in [-0.25, -0.2) is 4.39 Å². The molecule has 1 aromatic carbocycles. The average Bonchev–Trinajstić information content (AvgIpc) is 2.23. The van der Waals surface area contributed by atoms with E-state index in [0.717, 1.165) is 25.2 Å². The summed E-state index contributed by atoms with van der Waals surface area (Å²) in [4.78, 5) is 0. The van der Waals surface area contributed by atoms with Crippen molar-refractivity contribution in [1.29, 1.82) is 0 Å². The number of rotatable bonds is 1. The van der Waals surface area contributed by atoms with Crippen molar-refractivity contribution in [1.82, 2.24) is 10.6 Å². The van der Waals surface area contributed by atoms with Gasteiger partial charge in [0.1, 0.15) is 0 Å². The lowest BCUT2D eigenvalue weighted by molar-refractivity contribution is 0.417. The van der Waals surface area contributed by atoms with Gasteiger partial charge < -0.3 is 15.7 Å². The molecule has 0 aliphatic carbocycles. The largest absolute Gasteiger partial charge is 0.505 e. The second-order valence-corrected chi connectivity index (χ2v) is 3.42. The Labute approximate surface area is 81.9 Å². The van der Waals surface area contributed by atoms with Crippen LogP contribution in [0, 0.1) is 5.82 Å². The molecule has 0 aromatic heterocycles. The minimum atomic E-state index is -0.560. The van der Waals surface area contributed by atoms with Crippen molar-refractivity contribution in [2.24, 2.45) is 0 Å². The third-order valence-electron chi connectivity index (χ3n) is 2.42. The number of aromatic hydroxyl groups is 1. The monoisotopic (exact) mass is 196 g/mol. The summed E-state index contributed by atoms with van der Waals surface area (Å²) >= 11 is 0. The molecule has 3 N–H and O–H groups in total. The highest BCUT2D eigenvalue weighted by molar-refractivity contribution is 5.30. The van der Waals surface area contributed by atoms with Gasteiger partial charge in [0.05, 0.1) is 0 Å². The molecule has 0 unspecified atom stereocenters. The van der Waals surface area contributed by atoms with Crippen molar-refractivity contribution in [2.45, 2.75) is 6.04 Å². The van der Waals surface area contributed by atoms with Crippen LogP contribution in [0.5, 0.6) is 5.75 Å². The molecule has 0 bridgehead atoms. The zero-order valence-electron chi connectivity index (χ0n) is 7.76. The Morgan fingerprint density at radius 1 is 1.36 bits per heavy atom. The Morgan fingerprint density at radius 3 is 2.86 bits per heavy atom. The summed E-state index contributed by atoms with van der Waals surface area (Å²) in [5, 5.41) is 15.5. The third-order valence-corrected chi connectivity index (χ3v) is 2.42. The zero-order chi connectivity index (χ0) is 9.97. The summed E-state index contributed by atoms with van der Waals surface area (Å²) < 4.78 is 13.0. The number of benzene rings is 1. The van der Waals surface area contributed by atoms with E-state index in [1.165, 1.54) is 12.1 Å². The average molecular weight is 196 g/mol. The van der Waals surface area contributed by atoms with Gasteiger partial charge in [-0.2, -0.15) is 0 Å². The number of hydrogen-bond donors (Lipinski definition) is 3. The smallest absolute Gasteiger partial charge is 0.165 e. The molecule has 4 heteroatoms. The minimum absolute atomic E-state index is 0.138. The van der Waals surface area contributed by atoms with Crippen LogP contribution in [0.2, 0.25) is 0 Å². The molecule has 14 heavy (non-hydrogen) atoms. The molecule has 1 fully saturated rings. The standard InChI is InChI=1S/C10H13FN2O/c11-8-5-7(1-2-10(8)14)9-6-12-3-4-13-9/h1-2,5,9,12-14H,3-4,6H2/t9-/m0/s1. The van der Waals surface area contributed by atoms with Crippen LogP contribution in [0.1, 0.15) is 11.6 Å². The second kappa shape index (κ2) is 3.94. The number of hydrogen-bond acceptors (Lipinski definition) is 3. The molecule has 2 rings (SSSR count). The van der Waals surface area contributed by atoms with Crippen molar-refractivity contribution in [3.05, 3.63) is 29.6 Å². The van der Waals surface area contributed by atoms with Gasteiger partial charge in [0.25, 0.3) is 0 Å². The molecule has 0 radical (unpaired) electrons. The summed E-state index contributed by atoms with van der Waals surface area (Å²) in [6, 6.07) is 4.64. The van der Waals surface area contributed by atoms with Crippen LogP contribution in [0.25, 0.3) is 0 Å². The van der Waals surface area contributed by atoms with Crippen LogP contribution in [-0.4, -0.2) is 24.7 Å². The lowest BCUT2D eigenvalue weighted by Crippen LogP contribution is -2.42. The van der Waals surface area contributed by atoms with Crippen LogP contribution in [-0.2, 0) is 0 Å². The van der Waals surface area contributed by atoms with E-state index in [-0.39, 0.29) is 11.8 Å². The Kier molecular flexibility index (Phi) is 2.65. The first kappa shape index (κ1) is 9.43. The van der Waals surface area contributed by atoms with Gasteiger partial charge in [0.15, 0.2) is 11.6 Å². The number of piperazine rings is 1. The third kappa shape index (κ3) is 1.86. The number of phenolic OH excluding ortho intramolecular Hbond substituents is 1. The molecule has 0 spiro atoms. The molecule has 1 atom stereocenters. The Hall–Kier alpha value is -1.13. The number of nitrogens with one attached hydrogen (secondary N) is 2. The first-order chi connectivity index (χ1) is 6.77. The van der Waals surface area contributed by atoms with E-state index in [1.807, 2.05) is 0 Å². The SMILES string of the molecule is Oc1ccc([C@@H]2CNCCN2)cc1F. The van der Waals surface area contributed by atoms with Crippen molar-refractivity contribution in [3.63, 3.8) is 0 Å². The molecule has 0 amide bonds. The molecule has 1 aliphatic rings. The van der Waals surface area contributed by atoms with Gasteiger partial charge in [-0.05, 0) is 17.7 Å². The molecular weight excluding hydrogens is 183 g/mol. The van der Waals surface area contributed by atoms with E-state index in [4.69, 9.17) is 5.11 Å². The summed E-state index contributed by atoms with van der Waals surface area (Å²) in [6.07, 6.45) is 0. The van der Waals surface area contributed by atoms with E-state index in [9.17, 15) is 4.39 Å². The Morgan fingerprint density at radius 2 is 2.21 bits per heavy atom. The maximum absolute atomic E-state index is 13.0.